The molecule has 0 saturated carbocycles. The van der Waals surface area contributed by atoms with Crippen molar-refractivity contribution < 1.29 is 18.1 Å². The van der Waals surface area contributed by atoms with E-state index in [9.17, 15) is 23.3 Å². The van der Waals surface area contributed by atoms with Gasteiger partial charge in [-0.05, 0) is 29.5 Å². The minimum atomic E-state index is -4.00. The molecule has 0 unspecified atom stereocenters. The Bertz CT molecular complexity index is 973. The van der Waals surface area contributed by atoms with Gasteiger partial charge in [0.05, 0.1) is 15.9 Å². The lowest BCUT2D eigenvalue weighted by Gasteiger charge is -2.27. The van der Waals surface area contributed by atoms with Crippen LogP contribution in [0.15, 0.2) is 71.0 Å². The van der Waals surface area contributed by atoms with Crippen LogP contribution in [-0.4, -0.2) is 35.3 Å². The number of rotatable bonds is 5. The summed E-state index contributed by atoms with van der Waals surface area (Å²) in [5, 5.41) is 12.1. The van der Waals surface area contributed by atoms with E-state index in [-0.39, 0.29) is 28.7 Å². The summed E-state index contributed by atoms with van der Waals surface area (Å²) in [4.78, 5) is 22.7. The number of carbonyl (C=O) groups is 1. The van der Waals surface area contributed by atoms with Gasteiger partial charge >= 0.3 is 0 Å². The SMILES string of the molecule is O=C1SC=CCN(S(=O)(=O)c2ccc([N+](=O)[O-])cc2)[C@H]1Cc1ccccc1. The Balaban J connectivity index is 1.97. The molecule has 0 spiro atoms. The second kappa shape index (κ2) is 8.03. The van der Waals surface area contributed by atoms with Gasteiger partial charge < -0.3 is 0 Å². The van der Waals surface area contributed by atoms with E-state index >= 15 is 0 Å². The van der Waals surface area contributed by atoms with E-state index < -0.39 is 21.0 Å². The highest BCUT2D eigenvalue weighted by atomic mass is 32.2. The van der Waals surface area contributed by atoms with Gasteiger partial charge in [-0.15, -0.1) is 0 Å². The molecular formula is C18H16N2O5S2. The van der Waals surface area contributed by atoms with E-state index in [4.69, 9.17) is 0 Å². The van der Waals surface area contributed by atoms with Crippen LogP contribution in [0.3, 0.4) is 0 Å². The summed E-state index contributed by atoms with van der Waals surface area (Å²) in [5.41, 5.74) is 0.652. The molecule has 0 aromatic heterocycles. The van der Waals surface area contributed by atoms with Crippen molar-refractivity contribution in [2.75, 3.05) is 6.54 Å². The van der Waals surface area contributed by atoms with E-state index in [2.05, 4.69) is 0 Å². The Morgan fingerprint density at radius 1 is 1.11 bits per heavy atom. The number of nitro groups is 1. The predicted molar refractivity (Wildman–Crippen MR) is 103 cm³/mol. The molecule has 140 valence electrons. The highest BCUT2D eigenvalue weighted by Crippen LogP contribution is 2.27. The molecule has 3 rings (SSSR count). The van der Waals surface area contributed by atoms with Gasteiger partial charge in [-0.3, -0.25) is 14.9 Å². The molecule has 0 fully saturated rings. The number of nitrogens with zero attached hydrogens (tertiary/aromatic N) is 2. The molecule has 2 aromatic carbocycles. The van der Waals surface area contributed by atoms with Crippen molar-refractivity contribution >= 4 is 32.6 Å². The van der Waals surface area contributed by atoms with Crippen LogP contribution in [-0.2, 0) is 21.2 Å². The quantitative estimate of drug-likeness (QED) is 0.561. The van der Waals surface area contributed by atoms with Crippen LogP contribution in [0.1, 0.15) is 5.56 Å². The van der Waals surface area contributed by atoms with Gasteiger partial charge in [0, 0.05) is 18.7 Å². The molecule has 0 bridgehead atoms. The second-order valence-electron chi connectivity index (χ2n) is 5.84. The van der Waals surface area contributed by atoms with Crippen LogP contribution in [0, 0.1) is 10.1 Å². The number of hydrogen-bond donors (Lipinski definition) is 0. The molecule has 1 aliphatic heterocycles. The first-order chi connectivity index (χ1) is 12.9. The normalized spacial score (nSPS) is 18.2. The maximum absolute atomic E-state index is 13.1. The summed E-state index contributed by atoms with van der Waals surface area (Å²) >= 11 is 0.973. The third-order valence-electron chi connectivity index (χ3n) is 4.11. The van der Waals surface area contributed by atoms with Crippen LogP contribution >= 0.6 is 11.8 Å². The summed E-state index contributed by atoms with van der Waals surface area (Å²) in [6, 6.07) is 13.0. The minimum Gasteiger partial charge on any atom is -0.285 e. The third-order valence-corrected chi connectivity index (χ3v) is 6.83. The fraction of sp³-hybridized carbons (Fsp3) is 0.167. The minimum absolute atomic E-state index is 0.0512. The number of carbonyl (C=O) groups excluding carboxylic acids is 1. The largest absolute Gasteiger partial charge is 0.285 e. The topological polar surface area (TPSA) is 97.6 Å². The van der Waals surface area contributed by atoms with Crippen molar-refractivity contribution in [1.29, 1.82) is 0 Å². The smallest absolute Gasteiger partial charge is 0.269 e. The van der Waals surface area contributed by atoms with Gasteiger partial charge in [-0.25, -0.2) is 8.42 Å². The zero-order chi connectivity index (χ0) is 19.4. The fourth-order valence-electron chi connectivity index (χ4n) is 2.75. The first-order valence-electron chi connectivity index (χ1n) is 8.05. The molecule has 1 atom stereocenters. The van der Waals surface area contributed by atoms with Crippen molar-refractivity contribution in [3.8, 4) is 0 Å². The van der Waals surface area contributed by atoms with Gasteiger partial charge in [-0.2, -0.15) is 4.31 Å². The maximum atomic E-state index is 13.1. The molecule has 2 aromatic rings. The van der Waals surface area contributed by atoms with E-state index in [0.717, 1.165) is 33.8 Å². The summed E-state index contributed by atoms with van der Waals surface area (Å²) in [6.07, 6.45) is 1.87. The molecule has 1 aliphatic rings. The molecule has 7 nitrogen and oxygen atoms in total. The van der Waals surface area contributed by atoms with Crippen LogP contribution in [0.2, 0.25) is 0 Å². The van der Waals surface area contributed by atoms with Crippen molar-refractivity contribution in [2.24, 2.45) is 0 Å². The fourth-order valence-corrected chi connectivity index (χ4v) is 5.04. The first-order valence-corrected chi connectivity index (χ1v) is 10.4. The highest BCUT2D eigenvalue weighted by molar-refractivity contribution is 8.16. The molecule has 0 aliphatic carbocycles. The van der Waals surface area contributed by atoms with Crippen LogP contribution in [0.5, 0.6) is 0 Å². The van der Waals surface area contributed by atoms with E-state index in [1.807, 2.05) is 30.3 Å². The van der Waals surface area contributed by atoms with Gasteiger partial charge in [0.2, 0.25) is 15.1 Å². The summed E-state index contributed by atoms with van der Waals surface area (Å²) in [6.45, 7) is 0.0512. The van der Waals surface area contributed by atoms with Crippen molar-refractivity contribution in [3.63, 3.8) is 0 Å². The molecule has 27 heavy (non-hydrogen) atoms. The standard InChI is InChI=1S/C18H16N2O5S2/c21-18-17(13-14-5-2-1-3-6-14)19(11-4-12-26-18)27(24,25)16-9-7-15(8-10-16)20(22)23/h1-10,12,17H,11,13H2/t17-/m0/s1. The lowest BCUT2D eigenvalue weighted by atomic mass is 10.1. The summed E-state index contributed by atoms with van der Waals surface area (Å²) in [7, 11) is -4.00. The lowest BCUT2D eigenvalue weighted by Crippen LogP contribution is -2.44. The van der Waals surface area contributed by atoms with E-state index in [1.165, 1.54) is 12.1 Å². The molecule has 0 N–H and O–H groups in total. The molecule has 9 heteroatoms. The van der Waals surface area contributed by atoms with Crippen LogP contribution < -0.4 is 0 Å². The van der Waals surface area contributed by atoms with Crippen LogP contribution in [0.4, 0.5) is 5.69 Å². The van der Waals surface area contributed by atoms with Crippen molar-refractivity contribution in [3.05, 3.63) is 81.8 Å². The van der Waals surface area contributed by atoms with Gasteiger partial charge in [-0.1, -0.05) is 48.2 Å². The second-order valence-corrected chi connectivity index (χ2v) is 8.64. The third kappa shape index (κ3) is 4.26. The molecule has 0 saturated heterocycles. The maximum Gasteiger partial charge on any atom is 0.269 e. The highest BCUT2D eigenvalue weighted by Gasteiger charge is 2.36. The number of nitro benzene ring substituents is 1. The predicted octanol–water partition coefficient (Wildman–Crippen LogP) is 2.98. The number of thioether (sulfide) groups is 1. The zero-order valence-electron chi connectivity index (χ0n) is 14.1. The Morgan fingerprint density at radius 2 is 1.78 bits per heavy atom. The van der Waals surface area contributed by atoms with E-state index in [0.29, 0.717) is 0 Å². The van der Waals surface area contributed by atoms with Gasteiger partial charge in [0.15, 0.2) is 0 Å². The average molecular weight is 404 g/mol. The summed E-state index contributed by atoms with van der Waals surface area (Å²) in [5.74, 6) is 0. The average Bonchev–Trinajstić information content (AvgIpc) is 2.85. The monoisotopic (exact) mass is 404 g/mol. The Labute approximate surface area is 160 Å². The zero-order valence-corrected chi connectivity index (χ0v) is 15.7. The molecule has 1 heterocycles. The Kier molecular flexibility index (Phi) is 5.73. The molecule has 0 radical (unpaired) electrons. The van der Waals surface area contributed by atoms with Crippen molar-refractivity contribution in [1.82, 2.24) is 4.31 Å². The number of non-ortho nitro benzene ring substituents is 1. The van der Waals surface area contributed by atoms with E-state index in [1.54, 1.807) is 11.5 Å². The first kappa shape index (κ1) is 19.3. The van der Waals surface area contributed by atoms with Crippen molar-refractivity contribution in [2.45, 2.75) is 17.4 Å². The molecule has 0 amide bonds. The lowest BCUT2D eigenvalue weighted by molar-refractivity contribution is -0.384. The van der Waals surface area contributed by atoms with Gasteiger partial charge in [0.25, 0.3) is 5.69 Å². The summed E-state index contributed by atoms with van der Waals surface area (Å²) < 4.78 is 27.4. The number of benzene rings is 2. The van der Waals surface area contributed by atoms with Crippen LogP contribution in [0.25, 0.3) is 0 Å². The van der Waals surface area contributed by atoms with Gasteiger partial charge in [0.1, 0.15) is 0 Å². The number of hydrogen-bond acceptors (Lipinski definition) is 6. The Morgan fingerprint density at radius 3 is 2.41 bits per heavy atom. The molecular weight excluding hydrogens is 388 g/mol. The Hall–Kier alpha value is -2.49. The number of sulfonamides is 1.